The van der Waals surface area contributed by atoms with E-state index in [1.165, 1.54) is 4.57 Å². The summed E-state index contributed by atoms with van der Waals surface area (Å²) < 4.78 is 14.5. The van der Waals surface area contributed by atoms with Crippen LogP contribution in [0.1, 0.15) is 43.8 Å². The molecular formula is C23H24N6O3. The van der Waals surface area contributed by atoms with Crippen LogP contribution in [0, 0.1) is 0 Å². The molecule has 0 radical (unpaired) electrons. The van der Waals surface area contributed by atoms with Gasteiger partial charge in [0.25, 0.3) is 0 Å². The monoisotopic (exact) mass is 432 g/mol. The van der Waals surface area contributed by atoms with Crippen LogP contribution in [0.2, 0.25) is 0 Å². The van der Waals surface area contributed by atoms with Gasteiger partial charge in [0.05, 0.1) is 24.7 Å². The van der Waals surface area contributed by atoms with Crippen LogP contribution in [0.25, 0.3) is 10.9 Å². The van der Waals surface area contributed by atoms with Gasteiger partial charge in [-0.1, -0.05) is 6.07 Å². The van der Waals surface area contributed by atoms with Crippen LogP contribution in [-0.4, -0.2) is 31.8 Å². The number of imidazole rings is 1. The van der Waals surface area contributed by atoms with Crippen LogP contribution in [0.3, 0.4) is 0 Å². The van der Waals surface area contributed by atoms with Gasteiger partial charge >= 0.3 is 6.09 Å². The number of rotatable bonds is 3. The van der Waals surface area contributed by atoms with E-state index in [0.717, 1.165) is 27.9 Å². The van der Waals surface area contributed by atoms with Crippen molar-refractivity contribution in [3.8, 4) is 0 Å². The van der Waals surface area contributed by atoms with Gasteiger partial charge in [0.1, 0.15) is 23.1 Å². The molecule has 0 spiro atoms. The predicted molar refractivity (Wildman–Crippen MR) is 120 cm³/mol. The number of guanidine groups is 1. The van der Waals surface area contributed by atoms with Crippen molar-refractivity contribution >= 4 is 28.8 Å². The Bertz CT molecular complexity index is 1320. The Balaban J connectivity index is 1.43. The maximum atomic E-state index is 12.5. The number of hydrogen-bond donors (Lipinski definition) is 2. The molecule has 0 bridgehead atoms. The number of aromatic nitrogens is 3. The molecule has 0 aliphatic carbocycles. The molecule has 3 N–H and O–H groups in total. The molecular weight excluding hydrogens is 408 g/mol. The second kappa shape index (κ2) is 7.30. The highest BCUT2D eigenvalue weighted by molar-refractivity contribution is 5.90. The SMILES string of the molecule is CC(C)(C)OC(=O)n1ccc2cc(Cn3cnc4c3N=C(N)NC4c3ccco3)ccc21. The van der Waals surface area contributed by atoms with Crippen molar-refractivity contribution < 1.29 is 13.9 Å². The summed E-state index contributed by atoms with van der Waals surface area (Å²) in [4.78, 5) is 21.5. The van der Waals surface area contributed by atoms with Crippen molar-refractivity contribution in [2.45, 2.75) is 39.0 Å². The maximum absolute atomic E-state index is 12.5. The first-order valence-electron chi connectivity index (χ1n) is 10.3. The first kappa shape index (κ1) is 19.9. The number of hydrogen-bond acceptors (Lipinski definition) is 7. The highest BCUT2D eigenvalue weighted by Gasteiger charge is 2.29. The number of furan rings is 1. The lowest BCUT2D eigenvalue weighted by Crippen LogP contribution is -2.37. The molecule has 1 atom stereocenters. The second-order valence-corrected chi connectivity index (χ2v) is 8.73. The van der Waals surface area contributed by atoms with E-state index in [1.807, 2.05) is 61.7 Å². The lowest BCUT2D eigenvalue weighted by molar-refractivity contribution is 0.0544. The number of aliphatic imine (C=N–C) groups is 1. The number of carbonyl (C=O) groups excluding carboxylic acids is 1. The molecule has 9 heteroatoms. The number of nitrogens with two attached hydrogens (primary N) is 1. The van der Waals surface area contributed by atoms with Crippen molar-refractivity contribution in [2.24, 2.45) is 10.7 Å². The number of carbonyl (C=O) groups is 1. The van der Waals surface area contributed by atoms with Gasteiger partial charge < -0.3 is 24.8 Å². The Labute approximate surface area is 184 Å². The Hall–Kier alpha value is -4.01. The lowest BCUT2D eigenvalue weighted by Gasteiger charge is -2.21. The van der Waals surface area contributed by atoms with Crippen LogP contribution in [0.4, 0.5) is 10.6 Å². The second-order valence-electron chi connectivity index (χ2n) is 8.73. The van der Waals surface area contributed by atoms with E-state index in [0.29, 0.717) is 18.3 Å². The normalized spacial score (nSPS) is 15.8. The summed E-state index contributed by atoms with van der Waals surface area (Å²) in [6.07, 6.45) is 4.70. The topological polar surface area (TPSA) is 113 Å². The van der Waals surface area contributed by atoms with Crippen LogP contribution < -0.4 is 11.1 Å². The maximum Gasteiger partial charge on any atom is 0.418 e. The summed E-state index contributed by atoms with van der Waals surface area (Å²) in [5.41, 5.74) is 8.06. The Morgan fingerprint density at radius 2 is 2.12 bits per heavy atom. The van der Waals surface area contributed by atoms with Crippen molar-refractivity contribution in [3.63, 3.8) is 0 Å². The molecule has 9 nitrogen and oxygen atoms in total. The minimum atomic E-state index is -0.557. The molecule has 32 heavy (non-hydrogen) atoms. The Kier molecular flexibility index (Phi) is 4.54. The van der Waals surface area contributed by atoms with Crippen molar-refractivity contribution in [3.05, 3.63) is 72.2 Å². The predicted octanol–water partition coefficient (Wildman–Crippen LogP) is 3.90. The minimum Gasteiger partial charge on any atom is -0.467 e. The summed E-state index contributed by atoms with van der Waals surface area (Å²) in [6, 6.07) is 11.3. The smallest absolute Gasteiger partial charge is 0.418 e. The largest absolute Gasteiger partial charge is 0.467 e. The zero-order chi connectivity index (χ0) is 22.5. The molecule has 0 amide bonds. The summed E-state index contributed by atoms with van der Waals surface area (Å²) in [5, 5.41) is 4.06. The van der Waals surface area contributed by atoms with E-state index < -0.39 is 11.7 Å². The fourth-order valence-electron chi connectivity index (χ4n) is 3.81. The van der Waals surface area contributed by atoms with E-state index in [1.54, 1.807) is 18.8 Å². The van der Waals surface area contributed by atoms with Crippen LogP contribution in [0.5, 0.6) is 0 Å². The highest BCUT2D eigenvalue weighted by Crippen LogP contribution is 2.33. The first-order valence-corrected chi connectivity index (χ1v) is 10.3. The fraction of sp³-hybridized carbons (Fsp3) is 0.261. The average Bonchev–Trinajstić information content (AvgIpc) is 3.46. The average molecular weight is 432 g/mol. The summed E-state index contributed by atoms with van der Waals surface area (Å²) in [5.74, 6) is 1.72. The molecule has 1 aliphatic rings. The molecule has 0 saturated heterocycles. The van der Waals surface area contributed by atoms with Gasteiger partial charge in [0, 0.05) is 11.6 Å². The molecule has 3 aromatic heterocycles. The Morgan fingerprint density at radius 1 is 1.28 bits per heavy atom. The van der Waals surface area contributed by atoms with Crippen molar-refractivity contribution in [1.29, 1.82) is 0 Å². The third-order valence-electron chi connectivity index (χ3n) is 5.15. The standard InChI is InChI=1S/C23H24N6O3/c1-23(2,3)32-22(30)29-9-8-15-11-14(6-7-16(15)29)12-28-13-25-19-18(17-5-4-10-31-17)26-21(24)27-20(19)28/h4-11,13,18H,12H2,1-3H3,(H3,24,26,27). The number of ether oxygens (including phenoxy) is 1. The first-order chi connectivity index (χ1) is 15.3. The summed E-state index contributed by atoms with van der Waals surface area (Å²) in [7, 11) is 0. The van der Waals surface area contributed by atoms with E-state index in [9.17, 15) is 4.79 Å². The van der Waals surface area contributed by atoms with Gasteiger partial charge in [-0.15, -0.1) is 0 Å². The summed E-state index contributed by atoms with van der Waals surface area (Å²) in [6.45, 7) is 6.10. The third kappa shape index (κ3) is 3.62. The Morgan fingerprint density at radius 3 is 2.88 bits per heavy atom. The fourth-order valence-corrected chi connectivity index (χ4v) is 3.81. The summed E-state index contributed by atoms with van der Waals surface area (Å²) >= 11 is 0. The molecule has 1 aliphatic heterocycles. The molecule has 5 rings (SSSR count). The molecule has 1 aromatic carbocycles. The highest BCUT2D eigenvalue weighted by atomic mass is 16.6. The molecule has 0 saturated carbocycles. The molecule has 4 heterocycles. The van der Waals surface area contributed by atoms with Gasteiger partial charge in [-0.3, -0.25) is 4.57 Å². The van der Waals surface area contributed by atoms with Crippen molar-refractivity contribution in [1.82, 2.24) is 19.4 Å². The molecule has 0 fully saturated rings. The van der Waals surface area contributed by atoms with Gasteiger partial charge in [0.15, 0.2) is 11.8 Å². The van der Waals surface area contributed by atoms with Crippen LogP contribution >= 0.6 is 0 Å². The van der Waals surface area contributed by atoms with Gasteiger partial charge in [-0.2, -0.15) is 4.99 Å². The molecule has 164 valence electrons. The van der Waals surface area contributed by atoms with E-state index in [4.69, 9.17) is 14.9 Å². The number of nitrogens with one attached hydrogen (secondary N) is 1. The van der Waals surface area contributed by atoms with E-state index in [2.05, 4.69) is 15.3 Å². The van der Waals surface area contributed by atoms with Crippen LogP contribution in [-0.2, 0) is 11.3 Å². The van der Waals surface area contributed by atoms with Crippen molar-refractivity contribution in [2.75, 3.05) is 0 Å². The quantitative estimate of drug-likeness (QED) is 0.508. The lowest BCUT2D eigenvalue weighted by atomic mass is 10.1. The number of nitrogens with zero attached hydrogens (tertiary/aromatic N) is 4. The molecule has 4 aromatic rings. The van der Waals surface area contributed by atoms with Gasteiger partial charge in [-0.05, 0) is 56.7 Å². The van der Waals surface area contributed by atoms with Gasteiger partial charge in [-0.25, -0.2) is 9.78 Å². The third-order valence-corrected chi connectivity index (χ3v) is 5.15. The minimum absolute atomic E-state index is 0.288. The molecule has 1 unspecified atom stereocenters. The zero-order valence-electron chi connectivity index (χ0n) is 18.1. The van der Waals surface area contributed by atoms with E-state index >= 15 is 0 Å². The zero-order valence-corrected chi connectivity index (χ0v) is 18.1. The number of fused-ring (bicyclic) bond motifs is 2. The van der Waals surface area contributed by atoms with E-state index in [-0.39, 0.29) is 6.04 Å². The van der Waals surface area contributed by atoms with Gasteiger partial charge in [0.2, 0.25) is 0 Å². The van der Waals surface area contributed by atoms with Crippen LogP contribution in [0.15, 0.2) is 64.6 Å². The number of benzene rings is 1.